The number of hydrogen-bond donors (Lipinski definition) is 0. The SMILES string of the molecule is CC(Cl)C(=O)c1ccc(COc2cc(F)ccc2F)cc1. The maximum Gasteiger partial charge on any atom is 0.180 e. The van der Waals surface area contributed by atoms with Crippen molar-refractivity contribution in [1.82, 2.24) is 0 Å². The van der Waals surface area contributed by atoms with Crippen LogP contribution in [0.1, 0.15) is 22.8 Å². The Morgan fingerprint density at radius 1 is 1.19 bits per heavy atom. The quantitative estimate of drug-likeness (QED) is 0.606. The first-order valence-electron chi connectivity index (χ1n) is 6.32. The molecule has 0 fully saturated rings. The van der Waals surface area contributed by atoms with Crippen LogP contribution in [-0.2, 0) is 6.61 Å². The molecule has 0 amide bonds. The minimum atomic E-state index is -0.626. The summed E-state index contributed by atoms with van der Waals surface area (Å²) in [6, 6.07) is 9.64. The number of ether oxygens (including phenoxy) is 1. The lowest BCUT2D eigenvalue weighted by atomic mass is 10.1. The van der Waals surface area contributed by atoms with Gasteiger partial charge in [-0.15, -0.1) is 11.6 Å². The highest BCUT2D eigenvalue weighted by Crippen LogP contribution is 2.19. The van der Waals surface area contributed by atoms with Gasteiger partial charge in [0, 0.05) is 11.6 Å². The number of alkyl halides is 1. The average molecular weight is 311 g/mol. The van der Waals surface area contributed by atoms with Crippen molar-refractivity contribution >= 4 is 17.4 Å². The topological polar surface area (TPSA) is 26.3 Å². The van der Waals surface area contributed by atoms with Crippen molar-refractivity contribution in [2.45, 2.75) is 18.9 Å². The van der Waals surface area contributed by atoms with E-state index in [0.717, 1.165) is 23.8 Å². The van der Waals surface area contributed by atoms with E-state index in [4.69, 9.17) is 16.3 Å². The number of Topliss-reactive ketones (excluding diaryl/α,β-unsaturated/α-hetero) is 1. The van der Waals surface area contributed by atoms with Gasteiger partial charge in [-0.05, 0) is 24.6 Å². The molecule has 0 aliphatic rings. The molecule has 0 heterocycles. The Balaban J connectivity index is 2.04. The van der Waals surface area contributed by atoms with E-state index in [2.05, 4.69) is 0 Å². The molecule has 0 N–H and O–H groups in total. The standard InChI is InChI=1S/C16H13ClF2O2/c1-10(17)16(20)12-4-2-11(3-5-12)9-21-15-8-13(18)6-7-14(15)19/h2-8,10H,9H2,1H3. The van der Waals surface area contributed by atoms with Crippen LogP contribution < -0.4 is 4.74 Å². The number of halogens is 3. The molecule has 0 saturated carbocycles. The molecule has 0 aromatic heterocycles. The summed E-state index contributed by atoms with van der Waals surface area (Å²) in [6.07, 6.45) is 0. The zero-order chi connectivity index (χ0) is 15.4. The van der Waals surface area contributed by atoms with E-state index >= 15 is 0 Å². The van der Waals surface area contributed by atoms with Crippen LogP contribution in [0, 0.1) is 11.6 Å². The van der Waals surface area contributed by atoms with Crippen LogP contribution >= 0.6 is 11.6 Å². The van der Waals surface area contributed by atoms with Crippen LogP contribution in [0.3, 0.4) is 0 Å². The minimum Gasteiger partial charge on any atom is -0.486 e. The first-order valence-corrected chi connectivity index (χ1v) is 6.76. The summed E-state index contributed by atoms with van der Waals surface area (Å²) in [5.74, 6) is -1.51. The molecule has 1 unspecified atom stereocenters. The molecule has 2 aromatic carbocycles. The van der Waals surface area contributed by atoms with Crippen molar-refractivity contribution in [2.24, 2.45) is 0 Å². The molecule has 0 aliphatic carbocycles. The molecular formula is C16H13ClF2O2. The van der Waals surface area contributed by atoms with E-state index in [1.807, 2.05) is 0 Å². The normalized spacial score (nSPS) is 12.0. The second-order valence-corrected chi connectivity index (χ2v) is 5.20. The Labute approximate surface area is 126 Å². The highest BCUT2D eigenvalue weighted by atomic mass is 35.5. The predicted molar refractivity (Wildman–Crippen MR) is 76.8 cm³/mol. The Bertz CT molecular complexity index is 639. The summed E-state index contributed by atoms with van der Waals surface area (Å²) in [4.78, 5) is 11.7. The summed E-state index contributed by atoms with van der Waals surface area (Å²) < 4.78 is 31.6. The number of carbonyl (C=O) groups excluding carboxylic acids is 1. The molecular weight excluding hydrogens is 298 g/mol. The molecule has 0 aliphatic heterocycles. The molecule has 21 heavy (non-hydrogen) atoms. The van der Waals surface area contributed by atoms with Crippen LogP contribution in [-0.4, -0.2) is 11.2 Å². The fourth-order valence-corrected chi connectivity index (χ4v) is 1.87. The van der Waals surface area contributed by atoms with Gasteiger partial charge in [0.15, 0.2) is 17.3 Å². The Hall–Kier alpha value is -1.94. The van der Waals surface area contributed by atoms with Gasteiger partial charge in [0.2, 0.25) is 0 Å². The molecule has 2 nitrogen and oxygen atoms in total. The highest BCUT2D eigenvalue weighted by molar-refractivity contribution is 6.33. The van der Waals surface area contributed by atoms with E-state index in [-0.39, 0.29) is 18.1 Å². The van der Waals surface area contributed by atoms with Crippen molar-refractivity contribution < 1.29 is 18.3 Å². The highest BCUT2D eigenvalue weighted by Gasteiger charge is 2.12. The zero-order valence-electron chi connectivity index (χ0n) is 11.3. The van der Waals surface area contributed by atoms with Gasteiger partial charge >= 0.3 is 0 Å². The number of ketones is 1. The van der Waals surface area contributed by atoms with Crippen LogP contribution in [0.4, 0.5) is 8.78 Å². The largest absolute Gasteiger partial charge is 0.486 e. The molecule has 1 atom stereocenters. The molecule has 0 saturated heterocycles. The van der Waals surface area contributed by atoms with Crippen molar-refractivity contribution in [3.8, 4) is 5.75 Å². The van der Waals surface area contributed by atoms with Crippen molar-refractivity contribution in [2.75, 3.05) is 0 Å². The van der Waals surface area contributed by atoms with Gasteiger partial charge in [0.25, 0.3) is 0 Å². The summed E-state index contributed by atoms with van der Waals surface area (Å²) in [6.45, 7) is 1.68. The number of rotatable bonds is 5. The van der Waals surface area contributed by atoms with Gasteiger partial charge in [-0.3, -0.25) is 4.79 Å². The number of benzene rings is 2. The third kappa shape index (κ3) is 4.02. The van der Waals surface area contributed by atoms with Gasteiger partial charge in [-0.2, -0.15) is 0 Å². The van der Waals surface area contributed by atoms with E-state index in [9.17, 15) is 13.6 Å². The molecule has 5 heteroatoms. The zero-order valence-corrected chi connectivity index (χ0v) is 12.0. The second-order valence-electron chi connectivity index (χ2n) is 4.54. The molecule has 0 radical (unpaired) electrons. The summed E-state index contributed by atoms with van der Waals surface area (Å²) in [5.41, 5.74) is 1.23. The summed E-state index contributed by atoms with van der Waals surface area (Å²) in [5, 5.41) is -0.589. The van der Waals surface area contributed by atoms with E-state index in [1.54, 1.807) is 31.2 Å². The van der Waals surface area contributed by atoms with Gasteiger partial charge in [0.1, 0.15) is 12.4 Å². The van der Waals surface area contributed by atoms with Crippen molar-refractivity contribution in [3.05, 3.63) is 65.2 Å². The molecule has 110 valence electrons. The smallest absolute Gasteiger partial charge is 0.180 e. The van der Waals surface area contributed by atoms with Crippen molar-refractivity contribution in [3.63, 3.8) is 0 Å². The Morgan fingerprint density at radius 3 is 2.48 bits per heavy atom. The Kier molecular flexibility index (Phi) is 4.91. The third-order valence-electron chi connectivity index (χ3n) is 2.89. The fraction of sp³-hybridized carbons (Fsp3) is 0.188. The van der Waals surface area contributed by atoms with Crippen LogP contribution in [0.15, 0.2) is 42.5 Å². The molecule has 0 bridgehead atoms. The lowest BCUT2D eigenvalue weighted by Gasteiger charge is -2.08. The maximum absolute atomic E-state index is 13.4. The monoisotopic (exact) mass is 310 g/mol. The van der Waals surface area contributed by atoms with Gasteiger partial charge in [-0.1, -0.05) is 24.3 Å². The van der Waals surface area contributed by atoms with E-state index in [1.165, 1.54) is 0 Å². The minimum absolute atomic E-state index is 0.0747. The van der Waals surface area contributed by atoms with Gasteiger partial charge in [-0.25, -0.2) is 8.78 Å². The maximum atomic E-state index is 13.4. The number of carbonyl (C=O) groups is 1. The van der Waals surface area contributed by atoms with Crippen LogP contribution in [0.2, 0.25) is 0 Å². The van der Waals surface area contributed by atoms with Crippen molar-refractivity contribution in [1.29, 1.82) is 0 Å². The van der Waals surface area contributed by atoms with E-state index in [0.29, 0.717) is 5.56 Å². The molecule has 2 aromatic rings. The third-order valence-corrected chi connectivity index (χ3v) is 3.09. The summed E-state index contributed by atoms with van der Waals surface area (Å²) >= 11 is 5.72. The second kappa shape index (κ2) is 6.68. The van der Waals surface area contributed by atoms with Crippen LogP contribution in [0.25, 0.3) is 0 Å². The van der Waals surface area contributed by atoms with E-state index < -0.39 is 17.0 Å². The lowest BCUT2D eigenvalue weighted by molar-refractivity contribution is 0.0991. The number of hydrogen-bond acceptors (Lipinski definition) is 2. The van der Waals surface area contributed by atoms with Gasteiger partial charge < -0.3 is 4.74 Å². The molecule has 0 spiro atoms. The Morgan fingerprint density at radius 2 is 1.86 bits per heavy atom. The summed E-state index contributed by atoms with van der Waals surface area (Å²) in [7, 11) is 0. The first-order chi connectivity index (χ1) is 9.97. The lowest BCUT2D eigenvalue weighted by Crippen LogP contribution is -2.10. The first kappa shape index (κ1) is 15.4. The molecule has 2 rings (SSSR count). The predicted octanol–water partition coefficient (Wildman–Crippen LogP) is 4.35. The average Bonchev–Trinajstić information content (AvgIpc) is 2.48. The van der Waals surface area contributed by atoms with Crippen LogP contribution in [0.5, 0.6) is 5.75 Å². The van der Waals surface area contributed by atoms with Gasteiger partial charge in [0.05, 0.1) is 5.38 Å². The fourth-order valence-electron chi connectivity index (χ4n) is 1.74.